The van der Waals surface area contributed by atoms with Crippen LogP contribution in [-0.2, 0) is 4.79 Å². The van der Waals surface area contributed by atoms with Crippen LogP contribution in [-0.4, -0.2) is 6.41 Å². The Morgan fingerprint density at radius 2 is 2.33 bits per heavy atom. The largest absolute Gasteiger partial charge is 0.303 e. The molecule has 0 aliphatic carbocycles. The van der Waals surface area contributed by atoms with E-state index in [9.17, 15) is 4.79 Å². The van der Waals surface area contributed by atoms with Crippen LogP contribution in [0.15, 0.2) is 11.8 Å². The molecule has 3 heteroatoms. The Hall–Kier alpha value is -0.990. The van der Waals surface area contributed by atoms with Gasteiger partial charge in [-0.1, -0.05) is 13.0 Å². The van der Waals surface area contributed by atoms with Crippen LogP contribution in [0.2, 0.25) is 0 Å². The third-order valence-corrected chi connectivity index (χ3v) is 1.02. The Kier molecular flexibility index (Phi) is 4.59. The highest BCUT2D eigenvalue weighted by atomic mass is 16.1. The first-order valence-electron chi connectivity index (χ1n) is 2.95. The molecule has 9 heavy (non-hydrogen) atoms. The lowest BCUT2D eigenvalue weighted by atomic mass is 10.3. The van der Waals surface area contributed by atoms with Crippen molar-refractivity contribution >= 4 is 6.41 Å². The van der Waals surface area contributed by atoms with Crippen LogP contribution in [0.25, 0.3) is 0 Å². The van der Waals surface area contributed by atoms with E-state index >= 15 is 0 Å². The van der Waals surface area contributed by atoms with Gasteiger partial charge in [0.05, 0.1) is 0 Å². The van der Waals surface area contributed by atoms with Crippen molar-refractivity contribution in [1.29, 1.82) is 0 Å². The maximum Gasteiger partial charge on any atom is 0.225 e. The Balaban J connectivity index is 3.44. The van der Waals surface area contributed by atoms with Crippen LogP contribution >= 0.6 is 0 Å². The van der Waals surface area contributed by atoms with Gasteiger partial charge in [0.1, 0.15) is 0 Å². The summed E-state index contributed by atoms with van der Waals surface area (Å²) in [5, 5.41) is 0. The van der Waals surface area contributed by atoms with E-state index in [-0.39, 0.29) is 0 Å². The molecule has 0 bridgehead atoms. The van der Waals surface area contributed by atoms with E-state index < -0.39 is 0 Å². The van der Waals surface area contributed by atoms with E-state index in [1.807, 2.05) is 19.9 Å². The normalized spacial score (nSPS) is 10.7. The highest BCUT2D eigenvalue weighted by Crippen LogP contribution is 1.90. The number of amides is 1. The number of hydrogen-bond acceptors (Lipinski definition) is 2. The summed E-state index contributed by atoms with van der Waals surface area (Å²) in [6, 6.07) is 0. The fraction of sp³-hybridized carbons (Fsp3) is 0.500. The molecule has 0 aromatic carbocycles. The zero-order valence-electron chi connectivity index (χ0n) is 5.77. The first-order valence-corrected chi connectivity index (χ1v) is 2.95. The molecule has 0 saturated heterocycles. The molecule has 0 aliphatic rings. The predicted octanol–water partition coefficient (Wildman–Crippen LogP) is 0.551. The predicted molar refractivity (Wildman–Crippen MR) is 36.4 cm³/mol. The van der Waals surface area contributed by atoms with Crippen molar-refractivity contribution < 1.29 is 4.79 Å². The zero-order chi connectivity index (χ0) is 7.11. The minimum atomic E-state index is 0.610. The summed E-state index contributed by atoms with van der Waals surface area (Å²) in [6.45, 7) is 3.92. The molecule has 0 rings (SSSR count). The van der Waals surface area contributed by atoms with Gasteiger partial charge in [0.25, 0.3) is 0 Å². The first kappa shape index (κ1) is 8.01. The van der Waals surface area contributed by atoms with E-state index in [4.69, 9.17) is 0 Å². The van der Waals surface area contributed by atoms with Crippen LogP contribution in [0.3, 0.4) is 0 Å². The minimum absolute atomic E-state index is 0.610. The number of rotatable bonds is 4. The fourth-order valence-electron chi connectivity index (χ4n) is 0.487. The molecule has 0 aliphatic heterocycles. The van der Waals surface area contributed by atoms with E-state index in [1.54, 1.807) is 0 Å². The highest BCUT2D eigenvalue weighted by molar-refractivity contribution is 5.45. The first-order chi connectivity index (χ1) is 4.35. The second-order valence-corrected chi connectivity index (χ2v) is 1.55. The van der Waals surface area contributed by atoms with Crippen molar-refractivity contribution in [3.05, 3.63) is 11.8 Å². The molecule has 52 valence electrons. The van der Waals surface area contributed by atoms with Crippen molar-refractivity contribution in [2.45, 2.75) is 20.3 Å². The van der Waals surface area contributed by atoms with Crippen LogP contribution < -0.4 is 10.9 Å². The summed E-state index contributed by atoms with van der Waals surface area (Å²) >= 11 is 0. The third-order valence-electron chi connectivity index (χ3n) is 1.02. The van der Waals surface area contributed by atoms with Gasteiger partial charge in [0.15, 0.2) is 0 Å². The molecule has 0 saturated carbocycles. The van der Waals surface area contributed by atoms with E-state index in [1.165, 1.54) is 0 Å². The van der Waals surface area contributed by atoms with Gasteiger partial charge >= 0.3 is 0 Å². The standard InChI is InChI=1S/C6H12N2O/c1-3-6(4-2)8-7-5-9/h3,5,8H,4H2,1-2H3,(H,7,9)/b6-3-. The van der Waals surface area contributed by atoms with E-state index in [0.29, 0.717) is 6.41 Å². The van der Waals surface area contributed by atoms with Gasteiger partial charge in [-0.25, -0.2) is 0 Å². The van der Waals surface area contributed by atoms with Crippen molar-refractivity contribution in [3.8, 4) is 0 Å². The molecule has 0 fully saturated rings. The topological polar surface area (TPSA) is 41.1 Å². The Morgan fingerprint density at radius 3 is 2.67 bits per heavy atom. The number of allylic oxidation sites excluding steroid dienone is 2. The Morgan fingerprint density at radius 1 is 1.67 bits per heavy atom. The molecule has 0 spiro atoms. The highest BCUT2D eigenvalue weighted by Gasteiger charge is 1.85. The molecule has 0 aromatic rings. The second-order valence-electron chi connectivity index (χ2n) is 1.55. The lowest BCUT2D eigenvalue weighted by Crippen LogP contribution is -2.29. The number of carbonyl (C=O) groups excluding carboxylic acids is 1. The molecule has 0 aromatic heterocycles. The van der Waals surface area contributed by atoms with E-state index in [2.05, 4.69) is 10.9 Å². The molecule has 0 heterocycles. The molecule has 0 unspecified atom stereocenters. The van der Waals surface area contributed by atoms with Gasteiger partial charge in [-0.2, -0.15) is 0 Å². The molecular weight excluding hydrogens is 116 g/mol. The summed E-state index contributed by atoms with van der Waals surface area (Å²) in [6.07, 6.45) is 3.42. The maximum absolute atomic E-state index is 9.74. The third kappa shape index (κ3) is 3.58. The lowest BCUT2D eigenvalue weighted by Gasteiger charge is -2.04. The molecule has 2 N–H and O–H groups in total. The average molecular weight is 128 g/mol. The fourth-order valence-corrected chi connectivity index (χ4v) is 0.487. The van der Waals surface area contributed by atoms with E-state index in [0.717, 1.165) is 12.1 Å². The van der Waals surface area contributed by atoms with Crippen LogP contribution in [0, 0.1) is 0 Å². The number of hydrazine groups is 1. The summed E-state index contributed by atoms with van der Waals surface area (Å²) in [5.74, 6) is 0. The van der Waals surface area contributed by atoms with Crippen molar-refractivity contribution in [2.24, 2.45) is 0 Å². The number of hydrogen-bond donors (Lipinski definition) is 2. The summed E-state index contributed by atoms with van der Waals surface area (Å²) < 4.78 is 0. The summed E-state index contributed by atoms with van der Waals surface area (Å²) in [7, 11) is 0. The minimum Gasteiger partial charge on any atom is -0.303 e. The van der Waals surface area contributed by atoms with Gasteiger partial charge in [-0.3, -0.25) is 10.2 Å². The molecule has 3 nitrogen and oxygen atoms in total. The van der Waals surface area contributed by atoms with Gasteiger partial charge in [-0.15, -0.1) is 0 Å². The van der Waals surface area contributed by atoms with Gasteiger partial charge < -0.3 is 5.43 Å². The van der Waals surface area contributed by atoms with Gasteiger partial charge in [0, 0.05) is 5.70 Å². The molecule has 0 atom stereocenters. The summed E-state index contributed by atoms with van der Waals surface area (Å²) in [4.78, 5) is 9.74. The van der Waals surface area contributed by atoms with Gasteiger partial charge in [0.2, 0.25) is 6.41 Å². The van der Waals surface area contributed by atoms with Crippen molar-refractivity contribution in [2.75, 3.05) is 0 Å². The Labute approximate surface area is 55.1 Å². The Bertz CT molecular complexity index is 110. The monoisotopic (exact) mass is 128 g/mol. The SMILES string of the molecule is C/C=C(/CC)NNC=O. The number of carbonyl (C=O) groups is 1. The quantitative estimate of drug-likeness (QED) is 0.429. The maximum atomic E-state index is 9.74. The van der Waals surface area contributed by atoms with Crippen LogP contribution in [0.1, 0.15) is 20.3 Å². The summed E-state index contributed by atoms with van der Waals surface area (Å²) in [5.41, 5.74) is 6.08. The molecule has 1 amide bonds. The molecular formula is C6H12N2O. The smallest absolute Gasteiger partial charge is 0.225 e. The van der Waals surface area contributed by atoms with Crippen LogP contribution in [0.4, 0.5) is 0 Å². The van der Waals surface area contributed by atoms with Gasteiger partial charge in [-0.05, 0) is 13.3 Å². The molecule has 0 radical (unpaired) electrons. The van der Waals surface area contributed by atoms with Crippen LogP contribution in [0.5, 0.6) is 0 Å². The van der Waals surface area contributed by atoms with Crippen molar-refractivity contribution in [3.63, 3.8) is 0 Å². The average Bonchev–Trinajstić information content (AvgIpc) is 1.91. The second kappa shape index (κ2) is 5.15. The lowest BCUT2D eigenvalue weighted by molar-refractivity contribution is -0.110. The number of nitrogens with one attached hydrogen (secondary N) is 2. The van der Waals surface area contributed by atoms with Crippen molar-refractivity contribution in [1.82, 2.24) is 10.9 Å². The zero-order valence-corrected chi connectivity index (χ0v) is 5.77.